The molecule has 7 heteroatoms. The number of pyridine rings is 1. The molecule has 2 N–H and O–H groups in total. The molecule has 2 aromatic rings. The van der Waals surface area contributed by atoms with E-state index in [1.807, 2.05) is 35.9 Å². The fraction of sp³-hybridized carbons (Fsp3) is 0.500. The maximum Gasteiger partial charge on any atom is 0.181 e. The Labute approximate surface area is 134 Å². The molecular weight excluding hydrogens is 296 g/mol. The summed E-state index contributed by atoms with van der Waals surface area (Å²) in [6, 6.07) is 5.26. The quantitative estimate of drug-likeness (QED) is 0.850. The van der Waals surface area contributed by atoms with Crippen LogP contribution in [0.25, 0.3) is 0 Å². The lowest BCUT2D eigenvalue weighted by Gasteiger charge is -2.39. The second-order valence-corrected chi connectivity index (χ2v) is 5.97. The van der Waals surface area contributed by atoms with Gasteiger partial charge >= 0.3 is 0 Å². The van der Waals surface area contributed by atoms with Crippen molar-refractivity contribution in [2.24, 2.45) is 0 Å². The Morgan fingerprint density at radius 2 is 2.26 bits per heavy atom. The van der Waals surface area contributed by atoms with Crippen molar-refractivity contribution >= 4 is 0 Å². The first-order chi connectivity index (χ1) is 11.2. The van der Waals surface area contributed by atoms with Gasteiger partial charge in [0.1, 0.15) is 18.0 Å². The molecule has 5 atom stereocenters. The van der Waals surface area contributed by atoms with Gasteiger partial charge in [-0.25, -0.2) is 4.98 Å². The molecule has 7 nitrogen and oxygen atoms in total. The molecule has 0 aromatic carbocycles. The third-order valence-corrected chi connectivity index (χ3v) is 4.56. The Bertz CT molecular complexity index is 662. The number of aliphatic hydroxyl groups excluding tert-OH is 1. The lowest BCUT2D eigenvalue weighted by Crippen LogP contribution is -2.57. The van der Waals surface area contributed by atoms with Crippen LogP contribution < -0.4 is 5.32 Å². The maximum atomic E-state index is 10.9. The first-order valence-electron chi connectivity index (χ1n) is 7.82. The second-order valence-electron chi connectivity index (χ2n) is 5.97. The predicted molar refractivity (Wildman–Crippen MR) is 81.5 cm³/mol. The largest absolute Gasteiger partial charge is 0.389 e. The number of aryl methyl sites for hydroxylation is 1. The van der Waals surface area contributed by atoms with Crippen molar-refractivity contribution in [1.82, 2.24) is 19.9 Å². The summed E-state index contributed by atoms with van der Waals surface area (Å²) in [5.41, 5.74) is 0.927. The zero-order chi connectivity index (χ0) is 15.8. The number of fused-ring (bicyclic) bond motifs is 2. The average Bonchev–Trinajstić information content (AvgIpc) is 3.17. The molecule has 0 radical (unpaired) electrons. The van der Waals surface area contributed by atoms with Crippen LogP contribution in [0.4, 0.5) is 0 Å². The van der Waals surface area contributed by atoms with Crippen molar-refractivity contribution in [3.63, 3.8) is 0 Å². The highest BCUT2D eigenvalue weighted by Crippen LogP contribution is 2.36. The third kappa shape index (κ3) is 2.66. The molecule has 2 aromatic heterocycles. The van der Waals surface area contributed by atoms with Gasteiger partial charge in [-0.1, -0.05) is 6.07 Å². The van der Waals surface area contributed by atoms with E-state index in [0.29, 0.717) is 13.2 Å². The molecule has 0 aliphatic carbocycles. The first-order valence-corrected chi connectivity index (χ1v) is 7.82. The molecule has 2 bridgehead atoms. The van der Waals surface area contributed by atoms with Crippen molar-refractivity contribution in [1.29, 1.82) is 0 Å². The molecule has 4 heterocycles. The fourth-order valence-corrected chi connectivity index (χ4v) is 3.38. The molecule has 23 heavy (non-hydrogen) atoms. The monoisotopic (exact) mass is 316 g/mol. The van der Waals surface area contributed by atoms with Crippen molar-refractivity contribution in [3.8, 4) is 0 Å². The van der Waals surface area contributed by atoms with Gasteiger partial charge < -0.3 is 24.5 Å². The minimum Gasteiger partial charge on any atom is -0.389 e. The number of hydrogen-bond donors (Lipinski definition) is 2. The Morgan fingerprint density at radius 3 is 3.00 bits per heavy atom. The number of hydrogen-bond acceptors (Lipinski definition) is 6. The van der Waals surface area contributed by atoms with Crippen LogP contribution in [-0.4, -0.2) is 50.8 Å². The van der Waals surface area contributed by atoms with Crippen LogP contribution in [0.15, 0.2) is 36.8 Å². The van der Waals surface area contributed by atoms with Gasteiger partial charge in [0, 0.05) is 25.1 Å². The van der Waals surface area contributed by atoms with E-state index in [0.717, 1.165) is 11.5 Å². The SMILES string of the molecule is Cc1nccn1[C@H]1[C@@H]2OC[C@@H](O2)[C@@H](NCc2ccccn2)[C@@H]1O. The molecule has 0 amide bonds. The van der Waals surface area contributed by atoms with E-state index in [4.69, 9.17) is 9.47 Å². The zero-order valence-corrected chi connectivity index (χ0v) is 12.9. The minimum atomic E-state index is -0.627. The summed E-state index contributed by atoms with van der Waals surface area (Å²) in [7, 11) is 0. The summed E-state index contributed by atoms with van der Waals surface area (Å²) in [5.74, 6) is 0.829. The maximum absolute atomic E-state index is 10.9. The molecular formula is C16H20N4O3. The van der Waals surface area contributed by atoms with Crippen LogP contribution in [0.3, 0.4) is 0 Å². The topological polar surface area (TPSA) is 81.4 Å². The average molecular weight is 316 g/mol. The molecule has 0 spiro atoms. The predicted octanol–water partition coefficient (Wildman–Crippen LogP) is 0.402. The number of ether oxygens (including phenoxy) is 2. The molecule has 2 saturated heterocycles. The zero-order valence-electron chi connectivity index (χ0n) is 12.9. The highest BCUT2D eigenvalue weighted by atomic mass is 16.7. The summed E-state index contributed by atoms with van der Waals surface area (Å²) in [5, 5.41) is 14.3. The summed E-state index contributed by atoms with van der Waals surface area (Å²) in [6.45, 7) is 2.96. The van der Waals surface area contributed by atoms with Gasteiger partial charge in [-0.15, -0.1) is 0 Å². The lowest BCUT2D eigenvalue weighted by molar-refractivity contribution is -0.166. The molecule has 2 aliphatic heterocycles. The van der Waals surface area contributed by atoms with Crippen molar-refractivity contribution in [3.05, 3.63) is 48.3 Å². The smallest absolute Gasteiger partial charge is 0.181 e. The molecule has 0 unspecified atom stereocenters. The first kappa shape index (κ1) is 14.8. The Morgan fingerprint density at radius 1 is 1.35 bits per heavy atom. The van der Waals surface area contributed by atoms with Gasteiger partial charge in [0.2, 0.25) is 0 Å². The number of nitrogens with zero attached hydrogens (tertiary/aromatic N) is 3. The van der Waals surface area contributed by atoms with E-state index in [1.54, 1.807) is 12.4 Å². The van der Waals surface area contributed by atoms with Crippen LogP contribution in [-0.2, 0) is 16.0 Å². The Balaban J connectivity index is 1.54. The molecule has 2 aliphatic rings. The van der Waals surface area contributed by atoms with E-state index in [-0.39, 0.29) is 18.2 Å². The van der Waals surface area contributed by atoms with E-state index >= 15 is 0 Å². The summed E-state index contributed by atoms with van der Waals surface area (Å²) < 4.78 is 13.6. The van der Waals surface area contributed by atoms with Crippen molar-refractivity contribution in [2.45, 2.75) is 44.1 Å². The van der Waals surface area contributed by atoms with Crippen LogP contribution >= 0.6 is 0 Å². The van der Waals surface area contributed by atoms with Gasteiger partial charge in [0.05, 0.1) is 24.4 Å². The number of aliphatic hydroxyl groups is 1. The fourth-order valence-electron chi connectivity index (χ4n) is 3.38. The second kappa shape index (κ2) is 6.01. The molecule has 2 fully saturated rings. The van der Waals surface area contributed by atoms with Gasteiger partial charge in [0.25, 0.3) is 0 Å². The van der Waals surface area contributed by atoms with E-state index < -0.39 is 12.4 Å². The third-order valence-electron chi connectivity index (χ3n) is 4.56. The van der Waals surface area contributed by atoms with Crippen LogP contribution in [0, 0.1) is 6.92 Å². The van der Waals surface area contributed by atoms with Gasteiger partial charge in [-0.2, -0.15) is 0 Å². The van der Waals surface area contributed by atoms with E-state index in [2.05, 4.69) is 15.3 Å². The van der Waals surface area contributed by atoms with E-state index in [9.17, 15) is 5.11 Å². The highest BCUT2D eigenvalue weighted by Gasteiger charge is 2.50. The number of aromatic nitrogens is 3. The molecule has 0 saturated carbocycles. The molecule has 4 rings (SSSR count). The van der Waals surface area contributed by atoms with Crippen molar-refractivity contribution in [2.75, 3.05) is 6.61 Å². The Kier molecular flexibility index (Phi) is 3.86. The summed E-state index contributed by atoms with van der Waals surface area (Å²) >= 11 is 0. The number of rotatable bonds is 4. The Hall–Kier alpha value is -1.80. The van der Waals surface area contributed by atoms with Crippen molar-refractivity contribution < 1.29 is 14.6 Å². The minimum absolute atomic E-state index is 0.154. The van der Waals surface area contributed by atoms with Crippen LogP contribution in [0.5, 0.6) is 0 Å². The summed E-state index contributed by atoms with van der Waals surface area (Å²) in [4.78, 5) is 8.54. The lowest BCUT2D eigenvalue weighted by atomic mass is 9.95. The number of imidazole rings is 1. The van der Waals surface area contributed by atoms with Gasteiger partial charge in [-0.3, -0.25) is 4.98 Å². The summed E-state index contributed by atoms with van der Waals surface area (Å²) in [6.07, 6.45) is 4.12. The van der Waals surface area contributed by atoms with Crippen LogP contribution in [0.1, 0.15) is 17.6 Å². The molecule has 122 valence electrons. The van der Waals surface area contributed by atoms with Crippen LogP contribution in [0.2, 0.25) is 0 Å². The standard InChI is InChI=1S/C16H20N4O3/c1-10-17-6-7-20(10)14-15(21)13(12-9-22-16(14)23-12)19-8-11-4-2-3-5-18-11/h2-7,12-16,19,21H,8-9H2,1H3/t12-,13-,14-,15+,16-/m1/s1. The van der Waals surface area contributed by atoms with E-state index in [1.165, 1.54) is 0 Å². The number of nitrogens with one attached hydrogen (secondary N) is 1. The highest BCUT2D eigenvalue weighted by molar-refractivity contribution is 5.07. The normalized spacial score (nSPS) is 33.0. The van der Waals surface area contributed by atoms with Gasteiger partial charge in [-0.05, 0) is 19.1 Å². The van der Waals surface area contributed by atoms with Gasteiger partial charge in [0.15, 0.2) is 6.29 Å².